The molecule has 0 aliphatic carbocycles. The second-order valence-electron chi connectivity index (χ2n) is 6.17. The van der Waals surface area contributed by atoms with Crippen molar-refractivity contribution >= 4 is 15.8 Å². The van der Waals surface area contributed by atoms with E-state index in [-0.39, 0.29) is 16.2 Å². The van der Waals surface area contributed by atoms with Gasteiger partial charge in [-0.25, -0.2) is 8.42 Å². The molecule has 0 aromatic heterocycles. The summed E-state index contributed by atoms with van der Waals surface area (Å²) in [7, 11) is -3.51. The molecule has 6 heteroatoms. The Morgan fingerprint density at radius 3 is 2.50 bits per heavy atom. The molecule has 2 aliphatic heterocycles. The van der Waals surface area contributed by atoms with E-state index in [1.54, 1.807) is 29.4 Å². The van der Waals surface area contributed by atoms with E-state index in [0.29, 0.717) is 25.1 Å². The Labute approximate surface area is 131 Å². The van der Waals surface area contributed by atoms with Gasteiger partial charge in [0.1, 0.15) is 0 Å². The van der Waals surface area contributed by atoms with Crippen LogP contribution in [0.1, 0.15) is 43.0 Å². The van der Waals surface area contributed by atoms with Crippen molar-refractivity contribution in [1.82, 2.24) is 9.62 Å². The van der Waals surface area contributed by atoms with Crippen molar-refractivity contribution in [2.75, 3.05) is 19.6 Å². The molecule has 0 radical (unpaired) electrons. The van der Waals surface area contributed by atoms with Gasteiger partial charge in [-0.3, -0.25) is 4.79 Å². The van der Waals surface area contributed by atoms with Crippen molar-refractivity contribution in [2.24, 2.45) is 0 Å². The number of rotatable bonds is 4. The molecule has 1 aromatic carbocycles. The maximum absolute atomic E-state index is 12.8. The molecule has 0 unspecified atom stereocenters. The number of nitrogens with zero attached hydrogens (tertiary/aromatic N) is 1. The highest BCUT2D eigenvalue weighted by Crippen LogP contribution is 2.33. The minimum atomic E-state index is -3.51. The molecule has 0 bridgehead atoms. The van der Waals surface area contributed by atoms with E-state index < -0.39 is 10.0 Å². The first-order valence-electron chi connectivity index (χ1n) is 7.85. The predicted octanol–water partition coefficient (Wildman–Crippen LogP) is 1.80. The molecule has 2 saturated heterocycles. The van der Waals surface area contributed by atoms with Crippen LogP contribution in [-0.4, -0.2) is 43.7 Å². The summed E-state index contributed by atoms with van der Waals surface area (Å²) in [5.41, 5.74) is 0.643. The molecular formula is C16H22N2O3S. The van der Waals surface area contributed by atoms with Gasteiger partial charge in [0.2, 0.25) is 10.0 Å². The van der Waals surface area contributed by atoms with E-state index in [0.717, 1.165) is 25.8 Å². The topological polar surface area (TPSA) is 66.5 Å². The highest BCUT2D eigenvalue weighted by Gasteiger charge is 2.41. The molecule has 0 saturated carbocycles. The van der Waals surface area contributed by atoms with Gasteiger partial charge in [0.25, 0.3) is 0 Å². The molecule has 2 fully saturated rings. The molecule has 5 nitrogen and oxygen atoms in total. The van der Waals surface area contributed by atoms with Crippen LogP contribution < -0.4 is 5.32 Å². The van der Waals surface area contributed by atoms with E-state index in [9.17, 15) is 13.2 Å². The Morgan fingerprint density at radius 1 is 1.27 bits per heavy atom. The molecule has 1 N–H and O–H groups in total. The number of Topliss-reactive ketones (excluding diaryl/α,β-unsaturated/α-hetero) is 1. The third-order valence-electron chi connectivity index (χ3n) is 4.90. The maximum atomic E-state index is 12.8. The highest BCUT2D eigenvalue weighted by molar-refractivity contribution is 7.89. The monoisotopic (exact) mass is 322 g/mol. The van der Waals surface area contributed by atoms with Gasteiger partial charge in [0.15, 0.2) is 5.78 Å². The number of piperidine rings is 1. The quantitative estimate of drug-likeness (QED) is 0.858. The summed E-state index contributed by atoms with van der Waals surface area (Å²) >= 11 is 0. The van der Waals surface area contributed by atoms with Crippen LogP contribution in [0.3, 0.4) is 0 Å². The number of hydrogen-bond acceptors (Lipinski definition) is 4. The van der Waals surface area contributed by atoms with Gasteiger partial charge >= 0.3 is 0 Å². The number of carbonyl (C=O) groups excluding carboxylic acids is 1. The van der Waals surface area contributed by atoms with Crippen molar-refractivity contribution < 1.29 is 13.2 Å². The van der Waals surface area contributed by atoms with E-state index in [1.807, 2.05) is 0 Å². The van der Waals surface area contributed by atoms with Crippen molar-refractivity contribution in [1.29, 1.82) is 0 Å². The molecule has 0 atom stereocenters. The van der Waals surface area contributed by atoms with E-state index in [2.05, 4.69) is 5.32 Å². The third kappa shape index (κ3) is 2.71. The molecular weight excluding hydrogens is 300 g/mol. The maximum Gasteiger partial charge on any atom is 0.243 e. The molecule has 0 amide bonds. The first-order chi connectivity index (χ1) is 10.5. The van der Waals surface area contributed by atoms with Crippen LogP contribution >= 0.6 is 0 Å². The van der Waals surface area contributed by atoms with Gasteiger partial charge in [-0.05, 0) is 37.9 Å². The van der Waals surface area contributed by atoms with Gasteiger partial charge in [0, 0.05) is 30.6 Å². The molecule has 22 heavy (non-hydrogen) atoms. The van der Waals surface area contributed by atoms with Crippen LogP contribution in [-0.2, 0) is 10.0 Å². The lowest BCUT2D eigenvalue weighted by atomic mass is 9.80. The number of sulfonamides is 1. The molecule has 2 heterocycles. The second-order valence-corrected chi connectivity index (χ2v) is 8.10. The summed E-state index contributed by atoms with van der Waals surface area (Å²) in [5, 5.41) is 3.44. The van der Waals surface area contributed by atoms with Crippen molar-refractivity contribution in [3.8, 4) is 0 Å². The zero-order chi connectivity index (χ0) is 15.8. The van der Waals surface area contributed by atoms with Gasteiger partial charge in [-0.1, -0.05) is 19.1 Å². The van der Waals surface area contributed by atoms with Crippen molar-refractivity contribution in [2.45, 2.75) is 43.0 Å². The number of ketones is 1. The summed E-state index contributed by atoms with van der Waals surface area (Å²) in [4.78, 5) is 12.0. The van der Waals surface area contributed by atoms with Gasteiger partial charge < -0.3 is 5.32 Å². The highest BCUT2D eigenvalue weighted by atomic mass is 32.2. The van der Waals surface area contributed by atoms with Crippen LogP contribution in [0.2, 0.25) is 0 Å². The Hall–Kier alpha value is -1.24. The van der Waals surface area contributed by atoms with Crippen LogP contribution in [0.25, 0.3) is 0 Å². The Balaban J connectivity index is 1.79. The summed E-state index contributed by atoms with van der Waals surface area (Å²) in [5.74, 6) is -0.0340. The van der Waals surface area contributed by atoms with E-state index >= 15 is 0 Å². The summed E-state index contributed by atoms with van der Waals surface area (Å²) in [6.07, 6.45) is 3.24. The average Bonchev–Trinajstić information content (AvgIpc) is 2.53. The predicted molar refractivity (Wildman–Crippen MR) is 84.4 cm³/mol. The number of benzene rings is 1. The summed E-state index contributed by atoms with van der Waals surface area (Å²) < 4.78 is 27.1. The SMILES string of the molecule is CCC(=O)c1cccc(S(=O)(=O)N2CCC3(CCN3)CC2)c1. The Morgan fingerprint density at radius 2 is 1.95 bits per heavy atom. The first-order valence-corrected chi connectivity index (χ1v) is 9.29. The largest absolute Gasteiger partial charge is 0.311 e. The van der Waals surface area contributed by atoms with Crippen LogP contribution in [0.15, 0.2) is 29.2 Å². The van der Waals surface area contributed by atoms with Crippen molar-refractivity contribution in [3.63, 3.8) is 0 Å². The number of hydrogen-bond donors (Lipinski definition) is 1. The van der Waals surface area contributed by atoms with Gasteiger partial charge in [-0.2, -0.15) is 4.31 Å². The lowest BCUT2D eigenvalue weighted by Crippen LogP contribution is -2.62. The Kier molecular flexibility index (Phi) is 4.09. The lowest BCUT2D eigenvalue weighted by Gasteiger charge is -2.48. The smallest absolute Gasteiger partial charge is 0.243 e. The van der Waals surface area contributed by atoms with Gasteiger partial charge in [-0.15, -0.1) is 0 Å². The fourth-order valence-electron chi connectivity index (χ4n) is 3.24. The first kappa shape index (κ1) is 15.6. The molecule has 120 valence electrons. The van der Waals surface area contributed by atoms with Crippen LogP contribution in [0.5, 0.6) is 0 Å². The standard InChI is InChI=1S/C16H22N2O3S/c1-2-15(19)13-4-3-5-14(12-13)22(20,21)18-10-7-16(8-11-18)6-9-17-16/h3-5,12,17H,2,6-11H2,1H3. The zero-order valence-electron chi connectivity index (χ0n) is 12.8. The van der Waals surface area contributed by atoms with Crippen molar-refractivity contribution in [3.05, 3.63) is 29.8 Å². The normalized spacial score (nSPS) is 21.5. The fourth-order valence-corrected chi connectivity index (χ4v) is 4.73. The lowest BCUT2D eigenvalue weighted by molar-refractivity contribution is 0.0988. The number of nitrogens with one attached hydrogen (secondary N) is 1. The summed E-state index contributed by atoms with van der Waals surface area (Å²) in [6.45, 7) is 3.90. The average molecular weight is 322 g/mol. The fraction of sp³-hybridized carbons (Fsp3) is 0.562. The van der Waals surface area contributed by atoms with E-state index in [1.165, 1.54) is 6.07 Å². The zero-order valence-corrected chi connectivity index (χ0v) is 13.7. The Bertz CT molecular complexity index is 670. The molecule has 1 aromatic rings. The van der Waals surface area contributed by atoms with Crippen LogP contribution in [0.4, 0.5) is 0 Å². The minimum Gasteiger partial charge on any atom is -0.311 e. The molecule has 3 rings (SSSR count). The minimum absolute atomic E-state index is 0.0340. The van der Waals surface area contributed by atoms with Crippen LogP contribution in [0, 0.1) is 0 Å². The molecule has 1 spiro atoms. The molecule has 2 aliphatic rings. The van der Waals surface area contributed by atoms with Gasteiger partial charge in [0.05, 0.1) is 4.90 Å². The van der Waals surface area contributed by atoms with E-state index in [4.69, 9.17) is 0 Å². The second kappa shape index (κ2) is 5.76. The summed E-state index contributed by atoms with van der Waals surface area (Å²) in [6, 6.07) is 6.41. The third-order valence-corrected chi connectivity index (χ3v) is 6.79. The number of carbonyl (C=O) groups is 1.